The van der Waals surface area contributed by atoms with E-state index in [1.54, 1.807) is 59.6 Å². The summed E-state index contributed by atoms with van der Waals surface area (Å²) in [5.41, 5.74) is 1.64. The fraction of sp³-hybridized carbons (Fsp3) is 0.233. The van der Waals surface area contributed by atoms with Gasteiger partial charge in [0, 0.05) is 50.0 Å². The Kier molecular flexibility index (Phi) is 7.68. The second-order valence-electron chi connectivity index (χ2n) is 9.63. The first-order valence-corrected chi connectivity index (χ1v) is 12.9. The van der Waals surface area contributed by atoms with E-state index in [2.05, 4.69) is 15.3 Å². The number of carbonyl (C=O) groups is 3. The summed E-state index contributed by atoms with van der Waals surface area (Å²) in [5, 5.41) is 14.1. The van der Waals surface area contributed by atoms with E-state index in [1.165, 1.54) is 19.1 Å². The molecule has 5 rings (SSSR count). The summed E-state index contributed by atoms with van der Waals surface area (Å²) in [6.45, 7) is 2.41. The van der Waals surface area contributed by atoms with Gasteiger partial charge in [-0.2, -0.15) is 0 Å². The van der Waals surface area contributed by atoms with Crippen molar-refractivity contribution in [1.29, 1.82) is 0 Å². The average Bonchev–Trinajstić information content (AvgIpc) is 2.96. The maximum Gasteiger partial charge on any atom is 0.361 e. The number of benzene rings is 2. The van der Waals surface area contributed by atoms with Crippen molar-refractivity contribution in [2.45, 2.75) is 32.3 Å². The van der Waals surface area contributed by atoms with Crippen LogP contribution in [-0.4, -0.2) is 57.0 Å². The number of fused-ring (bicyclic) bond motifs is 1. The summed E-state index contributed by atoms with van der Waals surface area (Å²) in [5.74, 6) is -2.12. The van der Waals surface area contributed by atoms with Crippen molar-refractivity contribution in [2.24, 2.45) is 0 Å². The van der Waals surface area contributed by atoms with E-state index >= 15 is 0 Å². The normalized spacial score (nSPS) is 13.7. The number of ether oxygens (including phenoxy) is 1. The quantitative estimate of drug-likeness (QED) is 0.345. The van der Waals surface area contributed by atoms with Crippen LogP contribution in [0.25, 0.3) is 10.9 Å². The van der Waals surface area contributed by atoms with E-state index in [1.807, 2.05) is 0 Å². The van der Waals surface area contributed by atoms with Crippen LogP contribution in [0.2, 0.25) is 0 Å². The largest absolute Gasteiger partial charge is 0.504 e. The van der Waals surface area contributed by atoms with Crippen LogP contribution in [0.15, 0.2) is 66.9 Å². The zero-order chi connectivity index (χ0) is 28.2. The van der Waals surface area contributed by atoms with Gasteiger partial charge >= 0.3 is 5.97 Å². The second-order valence-corrected chi connectivity index (χ2v) is 9.63. The van der Waals surface area contributed by atoms with E-state index in [0.717, 1.165) is 11.1 Å². The molecule has 2 aromatic carbocycles. The van der Waals surface area contributed by atoms with Crippen molar-refractivity contribution in [2.75, 3.05) is 18.4 Å². The highest BCUT2D eigenvalue weighted by molar-refractivity contribution is 6.10. The highest BCUT2D eigenvalue weighted by Crippen LogP contribution is 2.33. The van der Waals surface area contributed by atoms with Crippen LogP contribution < -0.4 is 5.32 Å². The molecular formula is C30H27FN4O5. The van der Waals surface area contributed by atoms with Crippen LogP contribution in [0, 0.1) is 5.82 Å². The van der Waals surface area contributed by atoms with Gasteiger partial charge in [-0.15, -0.1) is 0 Å². The van der Waals surface area contributed by atoms with E-state index < -0.39 is 23.7 Å². The minimum Gasteiger partial charge on any atom is -0.504 e. The molecule has 1 aliphatic rings. The number of halogens is 1. The maximum absolute atomic E-state index is 13.4. The molecule has 9 nitrogen and oxygen atoms in total. The molecule has 3 heterocycles. The predicted molar refractivity (Wildman–Crippen MR) is 145 cm³/mol. The molecule has 0 spiro atoms. The molecule has 10 heteroatoms. The van der Waals surface area contributed by atoms with Crippen molar-refractivity contribution in [1.82, 2.24) is 14.9 Å². The van der Waals surface area contributed by atoms with Crippen molar-refractivity contribution in [3.63, 3.8) is 0 Å². The van der Waals surface area contributed by atoms with E-state index in [0.29, 0.717) is 43.3 Å². The third-order valence-electron chi connectivity index (χ3n) is 6.82. The highest BCUT2D eigenvalue weighted by Gasteiger charge is 2.28. The summed E-state index contributed by atoms with van der Waals surface area (Å²) >= 11 is 0. The summed E-state index contributed by atoms with van der Waals surface area (Å²) in [6, 6.07) is 16.3. The van der Waals surface area contributed by atoms with Crippen LogP contribution in [0.4, 0.5) is 10.2 Å². The minimum atomic E-state index is -0.854. The number of hydrogen-bond acceptors (Lipinski definition) is 7. The second kappa shape index (κ2) is 11.5. The summed E-state index contributed by atoms with van der Waals surface area (Å²) in [4.78, 5) is 48.2. The Morgan fingerprint density at radius 2 is 1.75 bits per heavy atom. The lowest BCUT2D eigenvalue weighted by Gasteiger charge is -2.30. The molecule has 0 unspecified atom stereocenters. The van der Waals surface area contributed by atoms with Gasteiger partial charge in [-0.1, -0.05) is 30.3 Å². The van der Waals surface area contributed by atoms with Gasteiger partial charge in [0.2, 0.25) is 5.91 Å². The zero-order valence-electron chi connectivity index (χ0n) is 21.8. The Balaban J connectivity index is 1.48. The van der Waals surface area contributed by atoms with Crippen LogP contribution in [-0.2, 0) is 16.0 Å². The number of rotatable bonds is 6. The first kappa shape index (κ1) is 26.7. The monoisotopic (exact) mass is 542 g/mol. The number of piperidine rings is 1. The molecule has 0 aliphatic carbocycles. The van der Waals surface area contributed by atoms with E-state index in [9.17, 15) is 23.9 Å². The summed E-state index contributed by atoms with van der Waals surface area (Å²) in [6.07, 6.45) is 2.43. The lowest BCUT2D eigenvalue weighted by Crippen LogP contribution is -2.40. The van der Waals surface area contributed by atoms with Gasteiger partial charge in [-0.25, -0.2) is 14.2 Å². The number of aromatic nitrogens is 2. The van der Waals surface area contributed by atoms with Crippen LogP contribution >= 0.6 is 0 Å². The molecule has 204 valence electrons. The highest BCUT2D eigenvalue weighted by atomic mass is 19.1. The molecule has 0 saturated carbocycles. The van der Waals surface area contributed by atoms with Gasteiger partial charge in [0.15, 0.2) is 11.4 Å². The molecule has 0 atom stereocenters. The molecule has 1 aliphatic heterocycles. The van der Waals surface area contributed by atoms with Crippen molar-refractivity contribution in [3.05, 3.63) is 95.1 Å². The molecule has 2 N–H and O–H groups in total. The Morgan fingerprint density at radius 1 is 1.05 bits per heavy atom. The third kappa shape index (κ3) is 5.90. The number of hydrogen-bond donors (Lipinski definition) is 2. The molecular weight excluding hydrogens is 515 g/mol. The Hall–Kier alpha value is -4.86. The number of esters is 1. The van der Waals surface area contributed by atoms with Crippen LogP contribution in [0.5, 0.6) is 5.75 Å². The van der Waals surface area contributed by atoms with Gasteiger partial charge < -0.3 is 20.1 Å². The minimum absolute atomic E-state index is 0.0356. The zero-order valence-corrected chi connectivity index (χ0v) is 21.8. The number of anilines is 1. The van der Waals surface area contributed by atoms with Crippen molar-refractivity contribution < 1.29 is 28.6 Å². The Labute approximate surface area is 229 Å². The lowest BCUT2D eigenvalue weighted by atomic mass is 10.0. The van der Waals surface area contributed by atoms with E-state index in [4.69, 9.17) is 4.74 Å². The molecule has 2 aromatic heterocycles. The first-order valence-electron chi connectivity index (χ1n) is 12.9. The predicted octanol–water partition coefficient (Wildman–Crippen LogP) is 4.49. The third-order valence-corrected chi connectivity index (χ3v) is 6.82. The fourth-order valence-corrected chi connectivity index (χ4v) is 4.65. The molecule has 4 aromatic rings. The standard InChI is InChI=1S/C30H27FN4O5/c1-18(36)35-13-11-23(12-14-35)40-30(39)26-27(37)25-24(28(33-26)34-29(38)21-5-3-2-4-6-21)16-20(17-32-25)15-19-7-9-22(31)10-8-19/h2-10,16-17,23,37H,11-15H2,1H3,(H,33,34,38). The van der Waals surface area contributed by atoms with Crippen molar-refractivity contribution in [3.8, 4) is 5.75 Å². The number of amides is 2. The molecule has 1 fully saturated rings. The number of nitrogens with one attached hydrogen (secondary N) is 1. The van der Waals surface area contributed by atoms with Gasteiger partial charge in [0.05, 0.1) is 0 Å². The molecule has 1 saturated heterocycles. The number of likely N-dealkylation sites (tertiary alicyclic amines) is 1. The first-order chi connectivity index (χ1) is 19.3. The van der Waals surface area contributed by atoms with Gasteiger partial charge in [-0.3, -0.25) is 14.6 Å². The topological polar surface area (TPSA) is 122 Å². The van der Waals surface area contributed by atoms with Gasteiger partial charge in [-0.05, 0) is 47.9 Å². The summed E-state index contributed by atoms with van der Waals surface area (Å²) in [7, 11) is 0. The van der Waals surface area contributed by atoms with Gasteiger partial charge in [0.1, 0.15) is 23.3 Å². The lowest BCUT2D eigenvalue weighted by molar-refractivity contribution is -0.130. The molecule has 2 amide bonds. The number of carbonyl (C=O) groups excluding carboxylic acids is 3. The Morgan fingerprint density at radius 3 is 2.42 bits per heavy atom. The van der Waals surface area contributed by atoms with Crippen LogP contribution in [0.1, 0.15) is 51.7 Å². The number of nitrogens with zero attached hydrogens (tertiary/aromatic N) is 3. The maximum atomic E-state index is 13.4. The smallest absolute Gasteiger partial charge is 0.361 e. The SMILES string of the molecule is CC(=O)N1CCC(OC(=O)c2nc(NC(=O)c3ccccc3)c3cc(Cc4ccc(F)cc4)cnc3c2O)CC1. The fourth-order valence-electron chi connectivity index (χ4n) is 4.65. The number of pyridine rings is 2. The average molecular weight is 543 g/mol. The summed E-state index contributed by atoms with van der Waals surface area (Å²) < 4.78 is 19.0. The van der Waals surface area contributed by atoms with E-state index in [-0.39, 0.29) is 28.8 Å². The molecule has 40 heavy (non-hydrogen) atoms. The Bertz CT molecular complexity index is 1570. The number of aromatic hydroxyl groups is 1. The van der Waals surface area contributed by atoms with Crippen LogP contribution in [0.3, 0.4) is 0 Å². The molecule has 0 bridgehead atoms. The molecule has 0 radical (unpaired) electrons. The van der Waals surface area contributed by atoms with Gasteiger partial charge in [0.25, 0.3) is 5.91 Å². The van der Waals surface area contributed by atoms with Crippen molar-refractivity contribution >= 4 is 34.5 Å².